The summed E-state index contributed by atoms with van der Waals surface area (Å²) in [7, 11) is -3.29. The number of nitrogens with one attached hydrogen (secondary N) is 3. The van der Waals surface area contributed by atoms with Crippen LogP contribution < -0.4 is 73.5 Å². The molecule has 5 nitrogen and oxygen atoms in total. The first kappa shape index (κ1) is 25.7. The summed E-state index contributed by atoms with van der Waals surface area (Å²) in [5.74, 6) is 0. The molecule has 0 aliphatic heterocycles. The minimum absolute atomic E-state index is 0. The van der Waals surface area contributed by atoms with Gasteiger partial charge in [-0.05, 0) is 35.3 Å². The van der Waals surface area contributed by atoms with E-state index in [-0.39, 0.29) is 63.6 Å². The fourth-order valence-corrected chi connectivity index (χ4v) is 3.05. The van der Waals surface area contributed by atoms with Crippen molar-refractivity contribution in [3.05, 3.63) is 65.2 Å². The Labute approximate surface area is 222 Å². The van der Waals surface area contributed by atoms with E-state index in [1.54, 1.807) is 12.1 Å². The predicted octanol–water partition coefficient (Wildman–Crippen LogP) is 0.324. The number of anilines is 1. The summed E-state index contributed by atoms with van der Waals surface area (Å²) >= 11 is 5.31. The van der Waals surface area contributed by atoms with E-state index >= 15 is 0 Å². The van der Waals surface area contributed by atoms with Crippen LogP contribution in [-0.4, -0.2) is 19.8 Å². The van der Waals surface area contributed by atoms with Gasteiger partial charge >= 0.3 is 58.2 Å². The van der Waals surface area contributed by atoms with Crippen LogP contribution in [-0.2, 0) is 28.5 Å². The Bertz CT molecular complexity index is 875. The fourth-order valence-electron chi connectivity index (χ4n) is 2.38. The van der Waals surface area contributed by atoms with Gasteiger partial charge in [-0.15, -0.1) is 11.6 Å². The number of thiocarbonyl (C=S) groups is 1. The average Bonchev–Trinajstić information content (AvgIpc) is 2.57. The van der Waals surface area contributed by atoms with Crippen molar-refractivity contribution in [2.75, 3.05) is 11.0 Å². The van der Waals surface area contributed by atoms with Crippen LogP contribution in [0.25, 0.3) is 0 Å². The van der Waals surface area contributed by atoms with E-state index < -0.39 is 10.0 Å². The summed E-state index contributed by atoms with van der Waals surface area (Å²) in [6.07, 6.45) is 1.11. The van der Waals surface area contributed by atoms with Gasteiger partial charge in [-0.2, -0.15) is 18.2 Å². The Morgan fingerprint density at radius 1 is 1.00 bits per heavy atom. The Morgan fingerprint density at radius 3 is 2.00 bits per heavy atom. The molecule has 0 heterocycles. The minimum Gasteiger partial charge on any atom is -0.370 e. The number of sulfonamides is 1. The molecule has 0 amide bonds. The van der Waals surface area contributed by atoms with Gasteiger partial charge in [-0.1, -0.05) is 50.7 Å². The zero-order valence-electron chi connectivity index (χ0n) is 17.1. The fraction of sp³-hybridized carbons (Fsp3) is 0.350. The Morgan fingerprint density at radius 2 is 1.54 bits per heavy atom. The quantitative estimate of drug-likeness (QED) is 0.403. The number of benzene rings is 2. The van der Waals surface area contributed by atoms with Crippen LogP contribution in [0.15, 0.2) is 42.5 Å². The van der Waals surface area contributed by atoms with Crippen molar-refractivity contribution in [1.29, 1.82) is 0 Å². The SMILES string of the molecule is CC(C)(C)c1ccc(CNC(=S)NCc2c[c-]c(NS(C)(=O)=O)cc2)cc1.[Rb+]. The van der Waals surface area contributed by atoms with Crippen LogP contribution in [0.3, 0.4) is 0 Å². The van der Waals surface area contributed by atoms with Gasteiger partial charge < -0.3 is 15.4 Å². The first-order chi connectivity index (χ1) is 12.5. The number of hydrogen-bond acceptors (Lipinski definition) is 3. The zero-order chi connectivity index (χ0) is 20.1. The average molecular weight is 490 g/mol. The van der Waals surface area contributed by atoms with Crippen molar-refractivity contribution in [1.82, 2.24) is 10.6 Å². The molecule has 0 fully saturated rings. The molecule has 0 aliphatic carbocycles. The van der Waals surface area contributed by atoms with Gasteiger partial charge in [0.25, 0.3) is 0 Å². The van der Waals surface area contributed by atoms with Gasteiger partial charge in [0.2, 0.25) is 10.0 Å². The molecular formula is C20H26N3O2RbS2. The molecule has 2 aromatic rings. The summed E-state index contributed by atoms with van der Waals surface area (Å²) < 4.78 is 24.8. The van der Waals surface area contributed by atoms with E-state index in [2.05, 4.69) is 66.5 Å². The zero-order valence-corrected chi connectivity index (χ0v) is 23.6. The maximum absolute atomic E-state index is 11.2. The molecule has 0 spiro atoms. The van der Waals surface area contributed by atoms with E-state index in [0.717, 1.165) is 17.4 Å². The predicted molar refractivity (Wildman–Crippen MR) is 115 cm³/mol. The third-order valence-electron chi connectivity index (χ3n) is 3.90. The third-order valence-corrected chi connectivity index (χ3v) is 4.78. The van der Waals surface area contributed by atoms with Crippen molar-refractivity contribution in [3.8, 4) is 0 Å². The minimum atomic E-state index is -3.29. The van der Waals surface area contributed by atoms with Gasteiger partial charge in [0.05, 0.1) is 6.26 Å². The second kappa shape index (κ2) is 11.2. The molecule has 146 valence electrons. The number of hydrogen-bond donors (Lipinski definition) is 3. The molecule has 28 heavy (non-hydrogen) atoms. The monoisotopic (exact) mass is 489 g/mol. The second-order valence-corrected chi connectivity index (χ2v) is 9.62. The van der Waals surface area contributed by atoms with Gasteiger partial charge in [-0.25, -0.2) is 8.42 Å². The van der Waals surface area contributed by atoms with E-state index in [4.69, 9.17) is 12.2 Å². The van der Waals surface area contributed by atoms with E-state index in [9.17, 15) is 8.42 Å². The summed E-state index contributed by atoms with van der Waals surface area (Å²) in [5.41, 5.74) is 3.98. The molecule has 2 rings (SSSR count). The summed E-state index contributed by atoms with van der Waals surface area (Å²) in [6.45, 7) is 7.77. The first-order valence-corrected chi connectivity index (χ1v) is 10.9. The van der Waals surface area contributed by atoms with Crippen LogP contribution in [0.1, 0.15) is 37.5 Å². The van der Waals surface area contributed by atoms with Crippen molar-refractivity contribution in [2.24, 2.45) is 0 Å². The molecule has 0 bridgehead atoms. The van der Waals surface area contributed by atoms with Gasteiger partial charge in [0.15, 0.2) is 5.11 Å². The molecule has 0 atom stereocenters. The third kappa shape index (κ3) is 9.46. The molecule has 0 saturated heterocycles. The molecule has 0 radical (unpaired) electrons. The largest absolute Gasteiger partial charge is 1.00 e. The first-order valence-electron chi connectivity index (χ1n) is 8.62. The number of rotatable bonds is 6. The topological polar surface area (TPSA) is 70.2 Å². The molecule has 2 aromatic carbocycles. The Kier molecular flexibility index (Phi) is 10.3. The molecule has 3 N–H and O–H groups in total. The van der Waals surface area contributed by atoms with E-state index in [1.807, 2.05) is 6.07 Å². The van der Waals surface area contributed by atoms with Gasteiger partial charge in [0.1, 0.15) is 0 Å². The standard InChI is InChI=1S/C20H26N3O2S2.Rb/c1-20(2,3)17-9-5-15(6-10-17)13-21-19(26)22-14-16-7-11-18(12-8-16)23-27(4,24)25;/h5-11,23H,13-14H2,1-4H3,(H2,21,22,26);/q-1;+1. The Hall–Kier alpha value is -0.315. The second-order valence-electron chi connectivity index (χ2n) is 7.47. The van der Waals surface area contributed by atoms with Crippen LogP contribution in [0.5, 0.6) is 0 Å². The van der Waals surface area contributed by atoms with Crippen LogP contribution >= 0.6 is 12.2 Å². The molecule has 0 aliphatic rings. The van der Waals surface area contributed by atoms with Crippen molar-refractivity contribution >= 4 is 33.0 Å². The van der Waals surface area contributed by atoms with Crippen LogP contribution in [0.4, 0.5) is 5.69 Å². The molecule has 0 saturated carbocycles. The smallest absolute Gasteiger partial charge is 0.370 e. The maximum Gasteiger partial charge on any atom is 1.00 e. The molecule has 8 heteroatoms. The Balaban J connectivity index is 0.00000392. The van der Waals surface area contributed by atoms with Gasteiger partial charge in [0, 0.05) is 6.54 Å². The molecular weight excluding hydrogens is 464 g/mol. The maximum atomic E-state index is 11.2. The normalized spacial score (nSPS) is 11.3. The van der Waals surface area contributed by atoms with E-state index in [1.165, 1.54) is 5.56 Å². The van der Waals surface area contributed by atoms with Gasteiger partial charge in [-0.3, -0.25) is 0 Å². The molecule has 0 aromatic heterocycles. The van der Waals surface area contributed by atoms with Crippen LogP contribution in [0, 0.1) is 6.07 Å². The van der Waals surface area contributed by atoms with E-state index in [0.29, 0.717) is 23.9 Å². The van der Waals surface area contributed by atoms with Crippen LogP contribution in [0.2, 0.25) is 0 Å². The summed E-state index contributed by atoms with van der Waals surface area (Å²) in [4.78, 5) is 0. The summed E-state index contributed by atoms with van der Waals surface area (Å²) in [6, 6.07) is 16.6. The van der Waals surface area contributed by atoms with Crippen molar-refractivity contribution < 1.29 is 66.6 Å². The summed E-state index contributed by atoms with van der Waals surface area (Å²) in [5, 5.41) is 6.89. The van der Waals surface area contributed by atoms with Crippen molar-refractivity contribution in [3.63, 3.8) is 0 Å². The van der Waals surface area contributed by atoms with Crippen molar-refractivity contribution in [2.45, 2.75) is 39.3 Å². The molecule has 0 unspecified atom stereocenters.